The van der Waals surface area contributed by atoms with E-state index in [0.717, 1.165) is 21.5 Å². The molecule has 3 aromatic rings. The van der Waals surface area contributed by atoms with Gasteiger partial charge in [-0.1, -0.05) is 0 Å². The summed E-state index contributed by atoms with van der Waals surface area (Å²) in [6.07, 6.45) is 6.72. The summed E-state index contributed by atoms with van der Waals surface area (Å²) in [6.45, 7) is 2.07. The van der Waals surface area contributed by atoms with Crippen molar-refractivity contribution in [1.82, 2.24) is 9.97 Å². The van der Waals surface area contributed by atoms with Gasteiger partial charge in [0, 0.05) is 46.3 Å². The second-order valence-electron chi connectivity index (χ2n) is 4.35. The van der Waals surface area contributed by atoms with Crippen LogP contribution in [0.25, 0.3) is 21.5 Å². The van der Waals surface area contributed by atoms with Gasteiger partial charge in [-0.25, -0.2) is 4.79 Å². The van der Waals surface area contributed by atoms with Gasteiger partial charge in [0.05, 0.1) is 17.9 Å². The molecule has 2 heterocycles. The Bertz CT molecular complexity index is 815. The number of carbonyl (C=O) groups excluding carboxylic acids is 1. The van der Waals surface area contributed by atoms with E-state index in [1.54, 1.807) is 43.8 Å². The van der Waals surface area contributed by atoms with Gasteiger partial charge in [0.1, 0.15) is 0 Å². The third kappa shape index (κ3) is 1.75. The van der Waals surface area contributed by atoms with E-state index in [4.69, 9.17) is 10.5 Å². The average Bonchev–Trinajstić information content (AvgIpc) is 2.48. The summed E-state index contributed by atoms with van der Waals surface area (Å²) in [4.78, 5) is 20.4. The number of fused-ring (bicyclic) bond motifs is 3. The summed E-state index contributed by atoms with van der Waals surface area (Å²) in [5, 5.41) is 3.23. The minimum atomic E-state index is -0.417. The fraction of sp³-hybridized carbons (Fsp3) is 0.133. The van der Waals surface area contributed by atoms with Crippen LogP contribution in [0.1, 0.15) is 17.3 Å². The first kappa shape index (κ1) is 12.3. The molecule has 0 aliphatic heterocycles. The number of aromatic nitrogens is 2. The van der Waals surface area contributed by atoms with Gasteiger partial charge in [-0.05, 0) is 19.1 Å². The number of anilines is 1. The van der Waals surface area contributed by atoms with Crippen molar-refractivity contribution in [2.75, 3.05) is 12.3 Å². The van der Waals surface area contributed by atoms with Gasteiger partial charge in [-0.2, -0.15) is 0 Å². The van der Waals surface area contributed by atoms with E-state index in [0.29, 0.717) is 17.9 Å². The largest absolute Gasteiger partial charge is 0.462 e. The summed E-state index contributed by atoms with van der Waals surface area (Å²) in [5.41, 5.74) is 6.98. The van der Waals surface area contributed by atoms with E-state index >= 15 is 0 Å². The number of carbonyl (C=O) groups is 1. The first-order chi connectivity index (χ1) is 9.74. The van der Waals surface area contributed by atoms with E-state index in [1.807, 2.05) is 0 Å². The molecule has 0 aliphatic rings. The van der Waals surface area contributed by atoms with Gasteiger partial charge >= 0.3 is 5.97 Å². The lowest BCUT2D eigenvalue weighted by atomic mass is 9.98. The minimum Gasteiger partial charge on any atom is -0.462 e. The summed E-state index contributed by atoms with van der Waals surface area (Å²) in [6, 6.07) is 3.56. The van der Waals surface area contributed by atoms with Crippen molar-refractivity contribution >= 4 is 33.2 Å². The normalized spacial score (nSPS) is 10.8. The molecule has 2 N–H and O–H groups in total. The van der Waals surface area contributed by atoms with Crippen LogP contribution < -0.4 is 5.73 Å². The number of hydrogen-bond donors (Lipinski definition) is 1. The van der Waals surface area contributed by atoms with Crippen molar-refractivity contribution in [2.45, 2.75) is 6.92 Å². The third-order valence-corrected chi connectivity index (χ3v) is 3.24. The van der Waals surface area contributed by atoms with E-state index < -0.39 is 5.97 Å². The maximum Gasteiger partial charge on any atom is 0.340 e. The zero-order chi connectivity index (χ0) is 14.1. The van der Waals surface area contributed by atoms with Crippen LogP contribution in [0.5, 0.6) is 0 Å². The van der Waals surface area contributed by atoms with Crippen molar-refractivity contribution < 1.29 is 9.53 Å². The van der Waals surface area contributed by atoms with Crippen LogP contribution in [0.4, 0.5) is 5.69 Å². The van der Waals surface area contributed by atoms with Crippen molar-refractivity contribution in [3.8, 4) is 0 Å². The third-order valence-electron chi connectivity index (χ3n) is 3.24. The smallest absolute Gasteiger partial charge is 0.340 e. The number of nitrogen functional groups attached to an aromatic ring is 1. The van der Waals surface area contributed by atoms with Crippen molar-refractivity contribution in [3.63, 3.8) is 0 Å². The quantitative estimate of drug-likeness (QED) is 0.438. The number of rotatable bonds is 2. The van der Waals surface area contributed by atoms with Crippen molar-refractivity contribution in [2.24, 2.45) is 0 Å². The highest BCUT2D eigenvalue weighted by Crippen LogP contribution is 2.34. The second-order valence-corrected chi connectivity index (χ2v) is 4.35. The molecular weight excluding hydrogens is 254 g/mol. The van der Waals surface area contributed by atoms with Crippen molar-refractivity contribution in [3.05, 3.63) is 42.5 Å². The summed E-state index contributed by atoms with van der Waals surface area (Å²) >= 11 is 0. The number of ether oxygens (including phenoxy) is 1. The van der Waals surface area contributed by atoms with Crippen LogP contribution in [0.3, 0.4) is 0 Å². The van der Waals surface area contributed by atoms with Crippen LogP contribution >= 0.6 is 0 Å². The lowest BCUT2D eigenvalue weighted by molar-refractivity contribution is 0.0530. The Morgan fingerprint density at radius 3 is 2.35 bits per heavy atom. The van der Waals surface area contributed by atoms with Gasteiger partial charge in [0.2, 0.25) is 0 Å². The van der Waals surface area contributed by atoms with Crippen LogP contribution in [0, 0.1) is 0 Å². The fourth-order valence-corrected chi connectivity index (χ4v) is 2.37. The SMILES string of the molecule is CCOC(=O)c1c(N)c2ccncc2c2cnccc12. The van der Waals surface area contributed by atoms with Gasteiger partial charge < -0.3 is 10.5 Å². The molecule has 3 rings (SSSR count). The summed E-state index contributed by atoms with van der Waals surface area (Å²) < 4.78 is 5.11. The topological polar surface area (TPSA) is 78.1 Å². The first-order valence-corrected chi connectivity index (χ1v) is 6.30. The Balaban J connectivity index is 2.48. The molecule has 5 nitrogen and oxygen atoms in total. The van der Waals surface area contributed by atoms with Gasteiger partial charge in [-0.3, -0.25) is 9.97 Å². The van der Waals surface area contributed by atoms with Crippen molar-refractivity contribution in [1.29, 1.82) is 0 Å². The molecule has 0 saturated carbocycles. The highest BCUT2D eigenvalue weighted by atomic mass is 16.5. The molecule has 1 aromatic carbocycles. The molecule has 0 radical (unpaired) electrons. The Hall–Kier alpha value is -2.69. The number of esters is 1. The lowest BCUT2D eigenvalue weighted by Crippen LogP contribution is -2.09. The molecule has 0 saturated heterocycles. The second kappa shape index (κ2) is 4.77. The predicted octanol–water partition coefficient (Wildman–Crippen LogP) is 2.54. The minimum absolute atomic E-state index is 0.305. The molecule has 0 bridgehead atoms. The molecule has 100 valence electrons. The van der Waals surface area contributed by atoms with Gasteiger partial charge in [0.15, 0.2) is 0 Å². The zero-order valence-electron chi connectivity index (χ0n) is 11.0. The van der Waals surface area contributed by atoms with E-state index in [2.05, 4.69) is 9.97 Å². The standard InChI is InChI=1S/C15H13N3O2/c1-2-20-15(19)13-9-3-5-17-7-11(9)12-8-18-6-4-10(12)14(13)16/h3-8H,2,16H2,1H3. The zero-order valence-corrected chi connectivity index (χ0v) is 11.0. The van der Waals surface area contributed by atoms with Crippen LogP contribution in [0.2, 0.25) is 0 Å². The molecular formula is C15H13N3O2. The summed E-state index contributed by atoms with van der Waals surface area (Å²) in [5.74, 6) is -0.417. The Morgan fingerprint density at radius 1 is 1.10 bits per heavy atom. The molecule has 2 aromatic heterocycles. The number of nitrogens with zero attached hydrogens (tertiary/aromatic N) is 2. The Kier molecular flexibility index (Phi) is 2.95. The number of hydrogen-bond acceptors (Lipinski definition) is 5. The maximum absolute atomic E-state index is 12.2. The fourth-order valence-electron chi connectivity index (χ4n) is 2.37. The summed E-state index contributed by atoms with van der Waals surface area (Å²) in [7, 11) is 0. The maximum atomic E-state index is 12.2. The molecule has 0 unspecified atom stereocenters. The predicted molar refractivity (Wildman–Crippen MR) is 77.4 cm³/mol. The van der Waals surface area contributed by atoms with Gasteiger partial charge in [-0.15, -0.1) is 0 Å². The molecule has 0 atom stereocenters. The number of pyridine rings is 2. The number of nitrogens with two attached hydrogens (primary N) is 1. The monoisotopic (exact) mass is 267 g/mol. The Labute approximate surface area is 115 Å². The van der Waals surface area contributed by atoms with E-state index in [1.165, 1.54) is 0 Å². The number of benzene rings is 1. The lowest BCUT2D eigenvalue weighted by Gasteiger charge is -2.12. The molecule has 20 heavy (non-hydrogen) atoms. The highest BCUT2D eigenvalue weighted by molar-refractivity contribution is 6.21. The van der Waals surface area contributed by atoms with E-state index in [-0.39, 0.29) is 0 Å². The highest BCUT2D eigenvalue weighted by Gasteiger charge is 2.19. The molecule has 0 fully saturated rings. The van der Waals surface area contributed by atoms with E-state index in [9.17, 15) is 4.79 Å². The average molecular weight is 267 g/mol. The van der Waals surface area contributed by atoms with Crippen LogP contribution in [-0.4, -0.2) is 22.5 Å². The molecule has 0 amide bonds. The molecule has 0 spiro atoms. The first-order valence-electron chi connectivity index (χ1n) is 6.30. The van der Waals surface area contributed by atoms with Crippen LogP contribution in [0.15, 0.2) is 36.9 Å². The Morgan fingerprint density at radius 2 is 1.70 bits per heavy atom. The van der Waals surface area contributed by atoms with Gasteiger partial charge in [0.25, 0.3) is 0 Å². The van der Waals surface area contributed by atoms with Crippen LogP contribution in [-0.2, 0) is 4.74 Å². The molecule has 5 heteroatoms. The molecule has 0 aliphatic carbocycles.